The summed E-state index contributed by atoms with van der Waals surface area (Å²) >= 11 is 0. The monoisotopic (exact) mass is 223 g/mol. The molecule has 4 heteroatoms. The normalized spacial score (nSPS) is 12.9. The average Bonchev–Trinajstić information content (AvgIpc) is 2.48. The fraction of sp³-hybridized carbons (Fsp3) is 0.583. The maximum atomic E-state index is 11.8. The van der Waals surface area contributed by atoms with Gasteiger partial charge in [0.1, 0.15) is 0 Å². The van der Waals surface area contributed by atoms with Crippen LogP contribution < -0.4 is 11.2 Å². The summed E-state index contributed by atoms with van der Waals surface area (Å²) in [6.45, 7) is 8.00. The molecule has 90 valence electrons. The topological polar surface area (TPSA) is 60.0 Å². The lowest BCUT2D eigenvalue weighted by molar-refractivity contribution is -0.118. The van der Waals surface area contributed by atoms with Crippen LogP contribution in [0.15, 0.2) is 12.1 Å². The van der Waals surface area contributed by atoms with Gasteiger partial charge in [-0.2, -0.15) is 0 Å². The fourth-order valence-corrected chi connectivity index (χ4v) is 1.65. The third-order valence-electron chi connectivity index (χ3n) is 2.56. The van der Waals surface area contributed by atoms with Gasteiger partial charge in [0.05, 0.1) is 6.04 Å². The largest absolute Gasteiger partial charge is 0.320 e. The molecule has 0 aliphatic carbocycles. The third-order valence-corrected chi connectivity index (χ3v) is 2.56. The van der Waals surface area contributed by atoms with Crippen molar-refractivity contribution in [3.8, 4) is 0 Å². The van der Waals surface area contributed by atoms with Gasteiger partial charge in [-0.25, -0.2) is 0 Å². The highest BCUT2D eigenvalue weighted by Gasteiger charge is 2.16. The second-order valence-electron chi connectivity index (χ2n) is 4.66. The van der Waals surface area contributed by atoms with E-state index in [0.29, 0.717) is 12.3 Å². The van der Waals surface area contributed by atoms with E-state index in [-0.39, 0.29) is 5.91 Å². The molecule has 1 aromatic heterocycles. The van der Waals surface area contributed by atoms with Crippen LogP contribution in [0.3, 0.4) is 0 Å². The van der Waals surface area contributed by atoms with Gasteiger partial charge in [0.2, 0.25) is 0 Å². The van der Waals surface area contributed by atoms with Gasteiger partial charge in [-0.1, -0.05) is 13.8 Å². The van der Waals surface area contributed by atoms with Gasteiger partial charge in [0, 0.05) is 11.4 Å². The highest BCUT2D eigenvalue weighted by atomic mass is 16.2. The lowest BCUT2D eigenvalue weighted by atomic mass is 10.0. The number of amides is 1. The second-order valence-corrected chi connectivity index (χ2v) is 4.66. The van der Waals surface area contributed by atoms with Gasteiger partial charge >= 0.3 is 0 Å². The lowest BCUT2D eigenvalue weighted by Crippen LogP contribution is -2.40. The summed E-state index contributed by atoms with van der Waals surface area (Å²) in [6, 6.07) is 3.48. The van der Waals surface area contributed by atoms with E-state index in [1.165, 1.54) is 0 Å². The number of carbonyl (C=O) groups excluding carboxylic acids is 1. The molecule has 0 bridgehead atoms. The molecular weight excluding hydrogens is 202 g/mol. The maximum absolute atomic E-state index is 11.8. The van der Waals surface area contributed by atoms with Gasteiger partial charge < -0.3 is 5.73 Å². The van der Waals surface area contributed by atoms with Crippen LogP contribution in [0.2, 0.25) is 0 Å². The first kappa shape index (κ1) is 12.8. The highest BCUT2D eigenvalue weighted by molar-refractivity contribution is 5.88. The molecule has 1 aromatic rings. The number of aryl methyl sites for hydroxylation is 2. The molecule has 0 spiro atoms. The number of hydrogen-bond donors (Lipinski definition) is 2. The molecule has 16 heavy (non-hydrogen) atoms. The van der Waals surface area contributed by atoms with E-state index in [4.69, 9.17) is 5.73 Å². The van der Waals surface area contributed by atoms with Crippen LogP contribution in [0.5, 0.6) is 0 Å². The molecule has 0 saturated heterocycles. The fourth-order valence-electron chi connectivity index (χ4n) is 1.65. The summed E-state index contributed by atoms with van der Waals surface area (Å²) in [5, 5.41) is 0. The molecule has 0 aliphatic rings. The average molecular weight is 223 g/mol. The van der Waals surface area contributed by atoms with Gasteiger partial charge in [-0.05, 0) is 38.3 Å². The van der Waals surface area contributed by atoms with Crippen molar-refractivity contribution in [3.05, 3.63) is 23.5 Å². The lowest BCUT2D eigenvalue weighted by Gasteiger charge is -2.16. The van der Waals surface area contributed by atoms with Crippen LogP contribution in [-0.4, -0.2) is 16.6 Å². The first-order valence-corrected chi connectivity index (χ1v) is 5.63. The number of aromatic nitrogens is 1. The van der Waals surface area contributed by atoms with Crippen molar-refractivity contribution in [2.75, 3.05) is 5.43 Å². The summed E-state index contributed by atoms with van der Waals surface area (Å²) in [4.78, 5) is 11.8. The van der Waals surface area contributed by atoms with Crippen molar-refractivity contribution >= 4 is 5.91 Å². The third kappa shape index (κ3) is 3.10. The highest BCUT2D eigenvalue weighted by Crippen LogP contribution is 2.06. The molecule has 1 heterocycles. The van der Waals surface area contributed by atoms with Crippen molar-refractivity contribution in [1.29, 1.82) is 0 Å². The molecule has 0 aliphatic heterocycles. The maximum Gasteiger partial charge on any atom is 0.255 e. The Bertz CT molecular complexity index is 349. The summed E-state index contributed by atoms with van der Waals surface area (Å²) in [7, 11) is 0. The van der Waals surface area contributed by atoms with Crippen molar-refractivity contribution in [1.82, 2.24) is 4.68 Å². The Morgan fingerprint density at radius 1 is 1.38 bits per heavy atom. The summed E-state index contributed by atoms with van der Waals surface area (Å²) in [6.07, 6.45) is 0.700. The van der Waals surface area contributed by atoms with Crippen molar-refractivity contribution < 1.29 is 4.79 Å². The first-order chi connectivity index (χ1) is 7.41. The van der Waals surface area contributed by atoms with E-state index in [2.05, 4.69) is 19.3 Å². The smallest absolute Gasteiger partial charge is 0.255 e. The van der Waals surface area contributed by atoms with Gasteiger partial charge in [-0.15, -0.1) is 0 Å². The molecule has 3 N–H and O–H groups in total. The van der Waals surface area contributed by atoms with E-state index in [1.807, 2.05) is 26.0 Å². The van der Waals surface area contributed by atoms with E-state index < -0.39 is 6.04 Å². The number of hydrogen-bond acceptors (Lipinski definition) is 2. The Morgan fingerprint density at radius 2 is 1.88 bits per heavy atom. The van der Waals surface area contributed by atoms with E-state index in [0.717, 1.165) is 11.4 Å². The van der Waals surface area contributed by atoms with Gasteiger partial charge in [0.25, 0.3) is 5.91 Å². The summed E-state index contributed by atoms with van der Waals surface area (Å²) < 4.78 is 1.77. The van der Waals surface area contributed by atoms with E-state index in [1.54, 1.807) is 4.68 Å². The Labute approximate surface area is 96.8 Å². The Balaban J connectivity index is 2.64. The zero-order chi connectivity index (χ0) is 12.3. The number of rotatable bonds is 4. The van der Waals surface area contributed by atoms with Crippen molar-refractivity contribution in [2.24, 2.45) is 11.7 Å². The number of carbonyl (C=O) groups is 1. The molecule has 1 rings (SSSR count). The SMILES string of the molecule is Cc1ccc(C)n1NC(=O)C(N)CC(C)C. The van der Waals surface area contributed by atoms with Crippen LogP contribution in [0, 0.1) is 19.8 Å². The first-order valence-electron chi connectivity index (χ1n) is 5.63. The van der Waals surface area contributed by atoms with Gasteiger partial charge in [0.15, 0.2) is 0 Å². The molecule has 1 atom stereocenters. The Morgan fingerprint density at radius 3 is 2.31 bits per heavy atom. The molecule has 1 unspecified atom stereocenters. The van der Waals surface area contributed by atoms with E-state index in [9.17, 15) is 4.79 Å². The molecule has 0 aromatic carbocycles. The molecule has 4 nitrogen and oxygen atoms in total. The van der Waals surface area contributed by atoms with Gasteiger partial charge in [-0.3, -0.25) is 14.9 Å². The van der Waals surface area contributed by atoms with Crippen LogP contribution >= 0.6 is 0 Å². The minimum Gasteiger partial charge on any atom is -0.320 e. The van der Waals surface area contributed by atoms with E-state index >= 15 is 0 Å². The summed E-state index contributed by atoms with van der Waals surface area (Å²) in [5.74, 6) is 0.295. The Kier molecular flexibility index (Phi) is 4.12. The van der Waals surface area contributed by atoms with Crippen LogP contribution in [0.25, 0.3) is 0 Å². The number of nitrogens with one attached hydrogen (secondary N) is 1. The predicted molar refractivity (Wildman–Crippen MR) is 65.7 cm³/mol. The quantitative estimate of drug-likeness (QED) is 0.813. The Hall–Kier alpha value is -1.29. The van der Waals surface area contributed by atoms with Crippen molar-refractivity contribution in [3.63, 3.8) is 0 Å². The number of nitrogens with zero attached hydrogens (tertiary/aromatic N) is 1. The predicted octanol–water partition coefficient (Wildman–Crippen LogP) is 1.55. The van der Waals surface area contributed by atoms with Crippen LogP contribution in [0.1, 0.15) is 31.7 Å². The number of nitrogens with two attached hydrogens (primary N) is 1. The standard InChI is InChI=1S/C12H21N3O/c1-8(2)7-11(13)12(16)14-15-9(3)5-6-10(15)4/h5-6,8,11H,7,13H2,1-4H3,(H,14,16). The molecule has 0 saturated carbocycles. The minimum atomic E-state index is -0.443. The van der Waals surface area contributed by atoms with Crippen molar-refractivity contribution in [2.45, 2.75) is 40.2 Å². The molecule has 1 amide bonds. The second kappa shape index (κ2) is 5.16. The summed E-state index contributed by atoms with van der Waals surface area (Å²) in [5.41, 5.74) is 10.6. The molecule has 0 radical (unpaired) electrons. The minimum absolute atomic E-state index is 0.129. The van der Waals surface area contributed by atoms with Crippen LogP contribution in [-0.2, 0) is 4.79 Å². The zero-order valence-corrected chi connectivity index (χ0v) is 10.4. The molecular formula is C12H21N3O. The van der Waals surface area contributed by atoms with Crippen LogP contribution in [0.4, 0.5) is 0 Å². The zero-order valence-electron chi connectivity index (χ0n) is 10.4. The molecule has 0 fully saturated rings.